The van der Waals surface area contributed by atoms with Crippen molar-refractivity contribution in [3.63, 3.8) is 0 Å². The number of hydrogen-bond donors (Lipinski definition) is 3. The third kappa shape index (κ3) is 2.92. The van der Waals surface area contributed by atoms with E-state index in [4.69, 9.17) is 4.52 Å². The van der Waals surface area contributed by atoms with Gasteiger partial charge in [-0.15, -0.1) is 0 Å². The molecular formula is C21H25N7O3. The van der Waals surface area contributed by atoms with E-state index in [1.807, 2.05) is 0 Å². The zero-order valence-corrected chi connectivity index (χ0v) is 17.5. The Kier molecular flexibility index (Phi) is 3.92. The second-order valence-electron chi connectivity index (χ2n) is 9.64. The van der Waals surface area contributed by atoms with Crippen molar-refractivity contribution < 1.29 is 14.4 Å². The van der Waals surface area contributed by atoms with Gasteiger partial charge in [-0.05, 0) is 49.9 Å². The summed E-state index contributed by atoms with van der Waals surface area (Å²) in [4.78, 5) is 29.8. The number of H-pyrrole nitrogens is 1. The minimum absolute atomic E-state index is 0.00695. The van der Waals surface area contributed by atoms with Crippen molar-refractivity contribution in [2.24, 2.45) is 17.8 Å². The van der Waals surface area contributed by atoms with Gasteiger partial charge in [0.05, 0.1) is 23.2 Å². The number of carbonyl (C=O) groups excluding carboxylic acids is 1. The fourth-order valence-corrected chi connectivity index (χ4v) is 6.21. The molecule has 162 valence electrons. The van der Waals surface area contributed by atoms with E-state index in [1.54, 1.807) is 26.6 Å². The average Bonchev–Trinajstić information content (AvgIpc) is 3.38. The Bertz CT molecular complexity index is 1150. The number of imidazole rings is 1. The van der Waals surface area contributed by atoms with Crippen molar-refractivity contribution in [3.8, 4) is 11.5 Å². The summed E-state index contributed by atoms with van der Waals surface area (Å²) in [6.07, 6.45) is 8.19. The molecule has 3 N–H and O–H groups in total. The zero-order chi connectivity index (χ0) is 21.3. The molecule has 3 aromatic heterocycles. The third-order valence-corrected chi connectivity index (χ3v) is 7.26. The zero-order valence-electron chi connectivity index (χ0n) is 17.5. The highest BCUT2D eigenvalue weighted by atomic mass is 16.5. The summed E-state index contributed by atoms with van der Waals surface area (Å²) >= 11 is 0. The van der Waals surface area contributed by atoms with Gasteiger partial charge in [0.15, 0.2) is 5.65 Å². The molecule has 2 unspecified atom stereocenters. The van der Waals surface area contributed by atoms with Gasteiger partial charge >= 0.3 is 0 Å². The van der Waals surface area contributed by atoms with Crippen molar-refractivity contribution in [2.75, 3.05) is 19.4 Å². The lowest BCUT2D eigenvalue weighted by Crippen LogP contribution is -2.59. The molecule has 0 aliphatic heterocycles. The lowest BCUT2D eigenvalue weighted by molar-refractivity contribution is -0.129. The summed E-state index contributed by atoms with van der Waals surface area (Å²) in [6.45, 7) is 0. The first-order valence-corrected chi connectivity index (χ1v) is 10.8. The highest BCUT2D eigenvalue weighted by molar-refractivity contribution is 5.95. The van der Waals surface area contributed by atoms with Crippen LogP contribution in [0, 0.1) is 17.8 Å². The van der Waals surface area contributed by atoms with Gasteiger partial charge in [0, 0.05) is 26.3 Å². The molecule has 4 aliphatic rings. The number of aromatic amines is 1. The van der Waals surface area contributed by atoms with Crippen LogP contribution in [0.1, 0.15) is 42.7 Å². The topological polar surface area (TPSA) is 133 Å². The fraction of sp³-hybridized carbons (Fsp3) is 0.571. The maximum atomic E-state index is 12.2. The molecule has 7 rings (SSSR count). The van der Waals surface area contributed by atoms with Crippen LogP contribution in [0.5, 0.6) is 0 Å². The summed E-state index contributed by atoms with van der Waals surface area (Å²) in [7, 11) is 3.29. The van der Waals surface area contributed by atoms with Crippen LogP contribution in [0.4, 0.5) is 5.69 Å². The minimum atomic E-state index is -0.493. The molecule has 3 heterocycles. The number of amides is 1. The van der Waals surface area contributed by atoms with E-state index < -0.39 is 5.60 Å². The molecule has 4 bridgehead atoms. The molecular weight excluding hydrogens is 398 g/mol. The standard InChI is InChI=1S/C21H25N7O3/c1-28(2)20(29)18-26-19(31-27-18)13-8-22-17-16(23-9-24-17)15(13)25-14-11-3-10-4-12(14)7-21(30,5-10)6-11/h8-12,14,30H,3-7H2,1-2H3,(H2,22,23,24,25). The Balaban J connectivity index is 1.39. The van der Waals surface area contributed by atoms with Crippen LogP contribution in [0.3, 0.4) is 0 Å². The van der Waals surface area contributed by atoms with Gasteiger partial charge in [-0.2, -0.15) is 4.98 Å². The number of carbonyl (C=O) groups is 1. The molecule has 10 nitrogen and oxygen atoms in total. The maximum absolute atomic E-state index is 12.2. The van der Waals surface area contributed by atoms with Gasteiger partial charge < -0.3 is 24.8 Å². The molecule has 1 amide bonds. The predicted molar refractivity (Wildman–Crippen MR) is 111 cm³/mol. The molecule has 0 aromatic carbocycles. The van der Waals surface area contributed by atoms with Crippen molar-refractivity contribution in [1.29, 1.82) is 0 Å². The van der Waals surface area contributed by atoms with E-state index in [1.165, 1.54) is 4.90 Å². The van der Waals surface area contributed by atoms with E-state index in [-0.39, 0.29) is 23.7 Å². The Morgan fingerprint density at radius 1 is 1.26 bits per heavy atom. The highest BCUT2D eigenvalue weighted by Crippen LogP contribution is 2.56. The molecule has 0 spiro atoms. The van der Waals surface area contributed by atoms with Gasteiger partial charge in [0.2, 0.25) is 0 Å². The number of aliphatic hydroxyl groups is 1. The smallest absolute Gasteiger partial charge is 0.294 e. The van der Waals surface area contributed by atoms with Gasteiger partial charge in [-0.3, -0.25) is 4.79 Å². The molecule has 4 saturated carbocycles. The number of nitrogens with one attached hydrogen (secondary N) is 2. The van der Waals surface area contributed by atoms with E-state index in [0.717, 1.165) is 43.3 Å². The molecule has 3 aromatic rings. The fourth-order valence-electron chi connectivity index (χ4n) is 6.21. The molecule has 0 saturated heterocycles. The summed E-state index contributed by atoms with van der Waals surface area (Å²) in [5.41, 5.74) is 2.31. The second-order valence-corrected chi connectivity index (χ2v) is 9.64. The number of rotatable bonds is 4. The van der Waals surface area contributed by atoms with Gasteiger partial charge in [-0.1, -0.05) is 5.16 Å². The van der Waals surface area contributed by atoms with Crippen molar-refractivity contribution in [3.05, 3.63) is 18.3 Å². The van der Waals surface area contributed by atoms with Gasteiger partial charge in [-0.25, -0.2) is 9.97 Å². The van der Waals surface area contributed by atoms with E-state index in [0.29, 0.717) is 29.0 Å². The van der Waals surface area contributed by atoms with Crippen LogP contribution < -0.4 is 5.32 Å². The van der Waals surface area contributed by atoms with Crippen LogP contribution in [-0.4, -0.2) is 66.7 Å². The van der Waals surface area contributed by atoms with E-state index >= 15 is 0 Å². The average molecular weight is 423 g/mol. The molecule has 31 heavy (non-hydrogen) atoms. The lowest BCUT2D eigenvalue weighted by atomic mass is 9.52. The minimum Gasteiger partial charge on any atom is -0.390 e. The molecule has 2 atom stereocenters. The molecule has 4 fully saturated rings. The first kappa shape index (κ1) is 18.7. The number of pyridine rings is 1. The van der Waals surface area contributed by atoms with Crippen LogP contribution in [0.2, 0.25) is 0 Å². The second kappa shape index (κ2) is 6.49. The van der Waals surface area contributed by atoms with Crippen LogP contribution in [-0.2, 0) is 0 Å². The summed E-state index contributed by atoms with van der Waals surface area (Å²) < 4.78 is 5.45. The third-order valence-electron chi connectivity index (χ3n) is 7.26. The number of hydrogen-bond acceptors (Lipinski definition) is 8. The number of fused-ring (bicyclic) bond motifs is 1. The largest absolute Gasteiger partial charge is 0.390 e. The summed E-state index contributed by atoms with van der Waals surface area (Å²) in [6, 6.07) is 0.246. The monoisotopic (exact) mass is 423 g/mol. The van der Waals surface area contributed by atoms with Crippen LogP contribution in [0.25, 0.3) is 22.6 Å². The SMILES string of the molecule is CN(C)C(=O)c1noc(-c2cnc3nc[nH]c3c2NC2C3CC4CC2CC(O)(C4)C3)n1. The maximum Gasteiger partial charge on any atom is 0.294 e. The number of nitrogens with zero attached hydrogens (tertiary/aromatic N) is 5. The van der Waals surface area contributed by atoms with E-state index in [9.17, 15) is 9.90 Å². The van der Waals surface area contributed by atoms with Gasteiger partial charge in [0.25, 0.3) is 17.6 Å². The van der Waals surface area contributed by atoms with E-state index in [2.05, 4.69) is 30.4 Å². The number of anilines is 1. The molecule has 4 aliphatic carbocycles. The Morgan fingerprint density at radius 2 is 2.03 bits per heavy atom. The normalized spacial score (nSPS) is 31.3. The van der Waals surface area contributed by atoms with Crippen LogP contribution in [0.15, 0.2) is 17.0 Å². The highest BCUT2D eigenvalue weighted by Gasteiger charge is 2.54. The van der Waals surface area contributed by atoms with Crippen molar-refractivity contribution in [2.45, 2.75) is 43.7 Å². The lowest BCUT2D eigenvalue weighted by Gasteiger charge is -2.58. The Hall–Kier alpha value is -3.01. The molecule has 0 radical (unpaired) electrons. The Labute approximate surface area is 178 Å². The Morgan fingerprint density at radius 3 is 2.74 bits per heavy atom. The summed E-state index contributed by atoms with van der Waals surface area (Å²) in [5, 5.41) is 18.5. The summed E-state index contributed by atoms with van der Waals surface area (Å²) in [5.74, 6) is 1.38. The molecule has 10 heteroatoms. The van der Waals surface area contributed by atoms with Crippen molar-refractivity contribution >= 4 is 22.8 Å². The predicted octanol–water partition coefficient (Wildman–Crippen LogP) is 2.06. The quantitative estimate of drug-likeness (QED) is 0.581. The van der Waals surface area contributed by atoms with Gasteiger partial charge in [0.1, 0.15) is 5.52 Å². The first-order chi connectivity index (χ1) is 14.9. The van der Waals surface area contributed by atoms with Crippen LogP contribution >= 0.6 is 0 Å². The first-order valence-electron chi connectivity index (χ1n) is 10.8. The van der Waals surface area contributed by atoms with Crippen molar-refractivity contribution in [1.82, 2.24) is 30.0 Å². The number of aromatic nitrogens is 5.